The summed E-state index contributed by atoms with van der Waals surface area (Å²) in [5, 5.41) is 11.3. The van der Waals surface area contributed by atoms with Crippen LogP contribution in [-0.4, -0.2) is 17.4 Å². The highest BCUT2D eigenvalue weighted by molar-refractivity contribution is 9.09. The van der Waals surface area contributed by atoms with Crippen LogP contribution in [-0.2, 0) is 0 Å². The highest BCUT2D eigenvalue weighted by Crippen LogP contribution is 2.30. The van der Waals surface area contributed by atoms with Gasteiger partial charge in [-0.15, -0.1) is 0 Å². The van der Waals surface area contributed by atoms with Crippen molar-refractivity contribution in [1.29, 1.82) is 0 Å². The van der Waals surface area contributed by atoms with Crippen LogP contribution in [0.2, 0.25) is 0 Å². The van der Waals surface area contributed by atoms with Crippen molar-refractivity contribution in [2.45, 2.75) is 0 Å². The number of nitro groups is 1. The van der Waals surface area contributed by atoms with Crippen molar-refractivity contribution in [2.24, 2.45) is 0 Å². The lowest BCUT2D eigenvalue weighted by atomic mass is 10.1. The predicted octanol–water partition coefficient (Wildman–Crippen LogP) is 3.01. The highest BCUT2D eigenvalue weighted by atomic mass is 79.9. The fourth-order valence-electron chi connectivity index (χ4n) is 1.13. The Kier molecular flexibility index (Phi) is 3.85. The Balaban J connectivity index is 3.22. The maximum Gasteiger partial charge on any atom is 0.311 e. The van der Waals surface area contributed by atoms with Gasteiger partial charge in [-0.1, -0.05) is 28.6 Å². The molecule has 0 heterocycles. The number of allylic oxidation sites excluding steroid dienone is 1. The summed E-state index contributed by atoms with van der Waals surface area (Å²) in [5.74, 6) is 0.256. The maximum absolute atomic E-state index is 10.7. The van der Waals surface area contributed by atoms with Gasteiger partial charge in [0.2, 0.25) is 0 Å². The summed E-state index contributed by atoms with van der Waals surface area (Å²) >= 11 is 3.25. The molecule has 0 aliphatic carbocycles. The van der Waals surface area contributed by atoms with Crippen molar-refractivity contribution in [1.82, 2.24) is 0 Å². The Morgan fingerprint density at radius 3 is 2.80 bits per heavy atom. The first-order valence-electron chi connectivity index (χ1n) is 4.16. The largest absolute Gasteiger partial charge is 0.490 e. The Hall–Kier alpha value is -1.36. The average Bonchev–Trinajstić information content (AvgIpc) is 2.27. The highest BCUT2D eigenvalue weighted by Gasteiger charge is 2.15. The predicted molar refractivity (Wildman–Crippen MR) is 62.5 cm³/mol. The summed E-state index contributed by atoms with van der Waals surface area (Å²) in [4.78, 5) is 10.3. The van der Waals surface area contributed by atoms with E-state index in [1.54, 1.807) is 12.1 Å². The zero-order chi connectivity index (χ0) is 11.4. The van der Waals surface area contributed by atoms with Gasteiger partial charge in [0.15, 0.2) is 5.75 Å². The smallest absolute Gasteiger partial charge is 0.311 e. The van der Waals surface area contributed by atoms with Crippen LogP contribution in [0.15, 0.2) is 24.8 Å². The number of nitrogens with zero attached hydrogens (tertiary/aromatic N) is 1. The number of rotatable bonds is 4. The van der Waals surface area contributed by atoms with Gasteiger partial charge >= 0.3 is 5.69 Å². The van der Waals surface area contributed by atoms with Crippen LogP contribution in [0.4, 0.5) is 5.69 Å². The number of nitro benzene ring substituents is 1. The quantitative estimate of drug-likeness (QED) is 0.481. The second-order valence-electron chi connectivity index (χ2n) is 2.88. The minimum absolute atomic E-state index is 0.0444. The summed E-state index contributed by atoms with van der Waals surface area (Å²) < 4.78 is 4.89. The summed E-state index contributed by atoms with van der Waals surface area (Å²) in [5.41, 5.74) is 1.48. The van der Waals surface area contributed by atoms with Crippen LogP contribution in [0.1, 0.15) is 5.56 Å². The third-order valence-electron chi connectivity index (χ3n) is 1.95. The summed E-state index contributed by atoms with van der Waals surface area (Å²) in [6.45, 7) is 3.79. The Labute approximate surface area is 95.8 Å². The molecule has 0 N–H and O–H groups in total. The van der Waals surface area contributed by atoms with Gasteiger partial charge in [0.25, 0.3) is 0 Å². The van der Waals surface area contributed by atoms with Gasteiger partial charge < -0.3 is 4.74 Å². The van der Waals surface area contributed by atoms with Crippen molar-refractivity contribution in [2.75, 3.05) is 12.4 Å². The molecule has 1 aromatic carbocycles. The van der Waals surface area contributed by atoms with E-state index < -0.39 is 4.92 Å². The minimum Gasteiger partial charge on any atom is -0.490 e. The van der Waals surface area contributed by atoms with Crippen LogP contribution in [0.25, 0.3) is 5.57 Å². The molecule has 5 heteroatoms. The zero-order valence-corrected chi connectivity index (χ0v) is 9.78. The first kappa shape index (κ1) is 11.7. The molecule has 0 aliphatic heterocycles. The molecule has 1 rings (SSSR count). The average molecular weight is 272 g/mol. The van der Waals surface area contributed by atoms with E-state index in [0.717, 1.165) is 11.1 Å². The molecule has 0 aromatic heterocycles. The van der Waals surface area contributed by atoms with E-state index >= 15 is 0 Å². The zero-order valence-electron chi connectivity index (χ0n) is 8.20. The second-order valence-corrected chi connectivity index (χ2v) is 3.44. The summed E-state index contributed by atoms with van der Waals surface area (Å²) in [6, 6.07) is 4.78. The Morgan fingerprint density at radius 2 is 2.33 bits per heavy atom. The van der Waals surface area contributed by atoms with Crippen molar-refractivity contribution < 1.29 is 9.66 Å². The molecule has 0 amide bonds. The number of methoxy groups -OCH3 is 1. The van der Waals surface area contributed by atoms with Crippen LogP contribution in [0.5, 0.6) is 5.75 Å². The molecule has 0 unspecified atom stereocenters. The lowest BCUT2D eigenvalue weighted by Crippen LogP contribution is -1.95. The number of hydrogen-bond donors (Lipinski definition) is 0. The van der Waals surface area contributed by atoms with Crippen LogP contribution < -0.4 is 4.74 Å². The SMILES string of the molecule is C=C(CBr)c1ccc(OC)c([N+](=O)[O-])c1. The first-order chi connectivity index (χ1) is 7.10. The lowest BCUT2D eigenvalue weighted by Gasteiger charge is -2.05. The van der Waals surface area contributed by atoms with Crippen molar-refractivity contribution in [3.8, 4) is 5.75 Å². The van der Waals surface area contributed by atoms with Gasteiger partial charge in [0.1, 0.15) is 0 Å². The van der Waals surface area contributed by atoms with Gasteiger partial charge in [0, 0.05) is 11.4 Å². The molecule has 1 aromatic rings. The molecule has 0 aliphatic rings. The lowest BCUT2D eigenvalue weighted by molar-refractivity contribution is -0.385. The van der Waals surface area contributed by atoms with E-state index in [-0.39, 0.29) is 11.4 Å². The number of benzene rings is 1. The Bertz CT molecular complexity index is 404. The van der Waals surface area contributed by atoms with Crippen molar-refractivity contribution in [3.05, 3.63) is 40.5 Å². The molecule has 15 heavy (non-hydrogen) atoms. The van der Waals surface area contributed by atoms with E-state index in [1.165, 1.54) is 13.2 Å². The Morgan fingerprint density at radius 1 is 1.67 bits per heavy atom. The molecule has 80 valence electrons. The van der Waals surface area contributed by atoms with E-state index in [9.17, 15) is 10.1 Å². The van der Waals surface area contributed by atoms with Gasteiger partial charge in [-0.2, -0.15) is 0 Å². The van der Waals surface area contributed by atoms with Gasteiger partial charge in [0.05, 0.1) is 12.0 Å². The van der Waals surface area contributed by atoms with E-state index in [2.05, 4.69) is 22.5 Å². The van der Waals surface area contributed by atoms with Crippen LogP contribution >= 0.6 is 15.9 Å². The molecular weight excluding hydrogens is 262 g/mol. The normalized spacial score (nSPS) is 9.73. The molecule has 0 radical (unpaired) electrons. The van der Waals surface area contributed by atoms with Crippen LogP contribution in [0, 0.1) is 10.1 Å². The fourth-order valence-corrected chi connectivity index (χ4v) is 1.45. The molecule has 0 saturated heterocycles. The monoisotopic (exact) mass is 271 g/mol. The number of halogens is 1. The first-order valence-corrected chi connectivity index (χ1v) is 5.28. The van der Waals surface area contributed by atoms with Crippen LogP contribution in [0.3, 0.4) is 0 Å². The molecule has 0 bridgehead atoms. The van der Waals surface area contributed by atoms with Crippen molar-refractivity contribution >= 4 is 27.2 Å². The second kappa shape index (κ2) is 4.93. The van der Waals surface area contributed by atoms with E-state index in [1.807, 2.05) is 0 Å². The van der Waals surface area contributed by atoms with E-state index in [0.29, 0.717) is 5.33 Å². The molecule has 4 nitrogen and oxygen atoms in total. The number of ether oxygens (including phenoxy) is 1. The number of hydrogen-bond acceptors (Lipinski definition) is 3. The van der Waals surface area contributed by atoms with Gasteiger partial charge in [-0.25, -0.2) is 0 Å². The van der Waals surface area contributed by atoms with E-state index in [4.69, 9.17) is 4.74 Å². The fraction of sp³-hybridized carbons (Fsp3) is 0.200. The molecule has 0 atom stereocenters. The third kappa shape index (κ3) is 2.56. The molecule has 0 saturated carbocycles. The standard InChI is InChI=1S/C10H10BrNO3/c1-7(6-11)8-3-4-10(15-2)9(5-8)12(13)14/h3-5H,1,6H2,2H3. The van der Waals surface area contributed by atoms with Gasteiger partial charge in [-0.3, -0.25) is 10.1 Å². The molecule has 0 spiro atoms. The van der Waals surface area contributed by atoms with Gasteiger partial charge in [-0.05, 0) is 17.2 Å². The minimum atomic E-state index is -0.468. The molecule has 0 fully saturated rings. The summed E-state index contributed by atoms with van der Waals surface area (Å²) in [7, 11) is 1.40. The summed E-state index contributed by atoms with van der Waals surface area (Å²) in [6.07, 6.45) is 0. The molecular formula is C10H10BrNO3. The number of alkyl halides is 1. The topological polar surface area (TPSA) is 52.4 Å². The third-order valence-corrected chi connectivity index (χ3v) is 2.62. The maximum atomic E-state index is 10.7. The van der Waals surface area contributed by atoms with Crippen molar-refractivity contribution in [3.63, 3.8) is 0 Å².